The van der Waals surface area contributed by atoms with E-state index in [2.05, 4.69) is 0 Å². The van der Waals surface area contributed by atoms with Gasteiger partial charge in [-0.2, -0.15) is 0 Å². The van der Waals surface area contributed by atoms with E-state index in [0.29, 0.717) is 47.3 Å². The molecule has 4 fully saturated rings. The summed E-state index contributed by atoms with van der Waals surface area (Å²) >= 11 is 0. The Kier molecular flexibility index (Phi) is 11.7. The minimum Gasteiger partial charge on any atom is -0.493 e. The van der Waals surface area contributed by atoms with Gasteiger partial charge >= 0.3 is 23.9 Å². The Bertz CT molecular complexity index is 7920. The number of ether oxygens (including phenoxy) is 12. The molecule has 120 heavy (non-hydrogen) atoms. The summed E-state index contributed by atoms with van der Waals surface area (Å²) in [4.78, 5) is 57.3. The highest BCUT2D eigenvalue weighted by molar-refractivity contribution is 5.77. The van der Waals surface area contributed by atoms with Gasteiger partial charge in [-0.25, -0.2) is 0 Å². The molecule has 8 N–H and O–H groups in total. The zero-order chi connectivity index (χ0) is 165. The van der Waals surface area contributed by atoms with Crippen molar-refractivity contribution in [2.45, 2.75) is 259 Å². The molecule has 8 aliphatic heterocycles. The Balaban J connectivity index is 0.000000300. The number of hydrogen-bond donors (Lipinski definition) is 4. The van der Waals surface area contributed by atoms with Crippen molar-refractivity contribution in [3.05, 3.63) is 92.8 Å². The van der Waals surface area contributed by atoms with Crippen LogP contribution in [0.3, 0.4) is 0 Å². The summed E-state index contributed by atoms with van der Waals surface area (Å²) in [6.45, 7) is -61.9. The number of piperidine rings is 4. The van der Waals surface area contributed by atoms with Crippen molar-refractivity contribution >= 4 is 23.9 Å². The van der Waals surface area contributed by atoms with Crippen LogP contribution in [0.25, 0.3) is 0 Å². The van der Waals surface area contributed by atoms with Crippen molar-refractivity contribution in [1.29, 1.82) is 0 Å². The van der Waals surface area contributed by atoms with Crippen LogP contribution < -0.4 is 60.8 Å². The van der Waals surface area contributed by atoms with Crippen molar-refractivity contribution in [2.24, 2.45) is 93.8 Å². The molecule has 4 saturated heterocycles. The van der Waals surface area contributed by atoms with Gasteiger partial charge in [0, 0.05) is 219 Å². The van der Waals surface area contributed by atoms with Gasteiger partial charge in [0.15, 0.2) is 46.0 Å². The van der Waals surface area contributed by atoms with Gasteiger partial charge in [0.05, 0.1) is 85.5 Å². The van der Waals surface area contributed by atoms with Crippen LogP contribution >= 0.6 is 0 Å². The Labute approximate surface area is 843 Å². The van der Waals surface area contributed by atoms with Crippen molar-refractivity contribution in [3.63, 3.8) is 0 Å². The highest BCUT2D eigenvalue weighted by Crippen LogP contribution is 2.50. The molecule has 672 valence electrons. The number of rotatable bonds is 28. The fourth-order valence-electron chi connectivity index (χ4n) is 13.1. The van der Waals surface area contributed by atoms with E-state index in [4.69, 9.17) is 198 Å². The highest BCUT2D eigenvalue weighted by atomic mass is 16.6. The molecule has 0 amide bonds. The van der Waals surface area contributed by atoms with Crippen LogP contribution in [-0.4, -0.2) is 201 Å². The molecule has 0 aliphatic carbocycles. The molecule has 8 aliphatic rings. The van der Waals surface area contributed by atoms with E-state index in [0.717, 1.165) is 42.7 Å². The minimum absolute atomic E-state index is 0.452. The van der Waals surface area contributed by atoms with Crippen LogP contribution in [0.4, 0.5) is 0 Å². The lowest BCUT2D eigenvalue weighted by Gasteiger charge is -2.47. The van der Waals surface area contributed by atoms with Crippen LogP contribution in [0, 0.1) is 70.8 Å². The van der Waals surface area contributed by atoms with Gasteiger partial charge in [0.25, 0.3) is 0 Å². The lowest BCUT2D eigenvalue weighted by Crippen LogP contribution is -2.51. The normalized spacial score (nSPS) is 46.3. The Morgan fingerprint density at radius 1 is 0.375 bits per heavy atom. The monoisotopic (exact) mass is 1760 g/mol. The summed E-state index contributed by atoms with van der Waals surface area (Å²) in [5, 5.41) is 0. The minimum atomic E-state index is -4.20. The molecular formula is C96H152N8O16. The summed E-state index contributed by atoms with van der Waals surface area (Å²) in [6, 6.07) is -30.8. The molecule has 8 heterocycles. The molecule has 24 nitrogen and oxygen atoms in total. The molecule has 24 heteroatoms. The topological polar surface area (TPSA) is 296 Å². The summed E-state index contributed by atoms with van der Waals surface area (Å²) in [5.74, 6) is -54.0. The highest BCUT2D eigenvalue weighted by Gasteiger charge is 2.47. The maximum atomic E-state index is 13.8. The van der Waals surface area contributed by atoms with E-state index in [9.17, 15) is 23.3 Å². The second-order valence-corrected chi connectivity index (χ2v) is 26.7. The standard InChI is InChI=1S/4C24H38N2O4/c4*1-14(2)9-17-13-26-8-7-16-10-21(28-5)22(29-6)11-18(16)19(26)12-20(17)30-24(27)23(25)15(3)4/h4*10-11,14-15,17,19-20,23H,7-9,12-13,25H2,1-6H3/t4*17?,19?,20?,23-/m0000/s1/i1D3,3D3,4D3,5D3,7D2,8D2,9D2,10D,11D,14D,15D,20D,23D;2*1D3,3D3,4D3,7D2,8D2,9D2,10D,11D,14D,15D,20D,23D;1D3,3D3,4D3,5D3,7D2,8D2,9D2,10D,11D,14D,15D,23D/t4*14?,17?,19?,20?,23-. The Hall–Kier alpha value is -7.16. The zero-order valence-electron chi connectivity index (χ0n) is 155. The fourth-order valence-corrected chi connectivity index (χ4v) is 13.1. The van der Waals surface area contributed by atoms with Gasteiger partial charge in [0.2, 0.25) is 0 Å². The molecule has 0 spiro atoms. The molecule has 0 bridgehead atoms. The van der Waals surface area contributed by atoms with Gasteiger partial charge in [-0.15, -0.1) is 0 Å². The first-order valence-electron chi connectivity index (χ1n) is 80.1. The maximum absolute atomic E-state index is 13.8. The predicted octanol–water partition coefficient (Wildman–Crippen LogP) is 14.3. The molecule has 0 saturated carbocycles. The molecule has 4 aromatic rings. The number of benzene rings is 4. The van der Waals surface area contributed by atoms with E-state index in [1.165, 1.54) is 0 Å². The number of methoxy groups -OCH3 is 8. The smallest absolute Gasteiger partial charge is 0.323 e. The third-order valence-electron chi connectivity index (χ3n) is 18.7. The average molecular weight is 1760 g/mol. The van der Waals surface area contributed by atoms with E-state index in [-0.39, 0.29) is 0 Å². The number of carbonyl (C=O) groups is 4. The molecule has 12 rings (SSSR count). The fraction of sp³-hybridized carbons (Fsp3) is 0.708. The third-order valence-corrected chi connectivity index (χ3v) is 18.7. The quantitative estimate of drug-likeness (QED) is 0.0303. The largest absolute Gasteiger partial charge is 0.493 e. The van der Waals surface area contributed by atoms with Crippen molar-refractivity contribution in [2.75, 3.05) is 109 Å². The first kappa shape index (κ1) is 32.1. The molecule has 20 atom stereocenters. The first-order chi connectivity index (χ1) is 91.6. The van der Waals surface area contributed by atoms with Crippen molar-refractivity contribution in [1.82, 2.24) is 19.6 Å². The van der Waals surface area contributed by atoms with Crippen LogP contribution in [0.2, 0.25) is 0 Å². The Morgan fingerprint density at radius 2 is 0.608 bits per heavy atom. The predicted molar refractivity (Wildman–Crippen MR) is 471 cm³/mol. The van der Waals surface area contributed by atoms with Gasteiger partial charge in [-0.1, -0.05) is 110 Å². The van der Waals surface area contributed by atoms with Gasteiger partial charge in [-0.05, 0) is 191 Å². The van der Waals surface area contributed by atoms with Crippen LogP contribution in [0.15, 0.2) is 48.3 Å². The van der Waals surface area contributed by atoms with E-state index < -0.39 is 531 Å². The molecule has 4 aromatic carbocycles. The number of hydrogen-bond acceptors (Lipinski definition) is 24. The van der Waals surface area contributed by atoms with Gasteiger partial charge in [0.1, 0.15) is 48.4 Å². The number of nitrogens with zero attached hydrogens (tertiary/aromatic N) is 4. The Morgan fingerprint density at radius 3 is 0.858 bits per heavy atom. The van der Waals surface area contributed by atoms with Crippen LogP contribution in [0.5, 0.6) is 46.0 Å². The van der Waals surface area contributed by atoms with Gasteiger partial charge in [-0.3, -0.25) is 38.8 Å². The van der Waals surface area contributed by atoms with E-state index in [1.54, 1.807) is 0 Å². The maximum Gasteiger partial charge on any atom is 0.323 e. The average Bonchev–Trinajstić information content (AvgIpc) is 0.679. The molecular weight excluding hydrogens is 1520 g/mol. The van der Waals surface area contributed by atoms with Crippen LogP contribution in [0.1, 0.15) is 352 Å². The summed E-state index contributed by atoms with van der Waals surface area (Å²) in [5.41, 5.74) is 16.8. The lowest BCUT2D eigenvalue weighted by molar-refractivity contribution is -0.161. The number of esters is 4. The second kappa shape index (κ2) is 43.9. The molecule has 16 unspecified atom stereocenters. The summed E-state index contributed by atoms with van der Waals surface area (Å²) in [6.07, 6.45) is -44.5. The second-order valence-electron chi connectivity index (χ2n) is 26.7. The molecule has 0 radical (unpaired) electrons. The summed E-state index contributed by atoms with van der Waals surface area (Å²) < 4.78 is 799. The first-order valence-corrected chi connectivity index (χ1v) is 35.6. The summed E-state index contributed by atoms with van der Waals surface area (Å²) in [7, 11) is -0.487. The number of fused-ring (bicyclic) bond motifs is 12. The van der Waals surface area contributed by atoms with Crippen molar-refractivity contribution < 1.29 is 198 Å². The van der Waals surface area contributed by atoms with E-state index >= 15 is 0 Å². The zero-order valence-corrected chi connectivity index (χ0v) is 66.0. The van der Waals surface area contributed by atoms with Crippen molar-refractivity contribution in [3.8, 4) is 46.0 Å². The third kappa shape index (κ3) is 23.8. The number of nitrogens with two attached hydrogens (primary N) is 4. The lowest BCUT2D eigenvalue weighted by atomic mass is 9.79. The SMILES string of the molecule is [2H]c1c(OC)c(OC([2H])([2H])[2H])c([2H])c2c1C1CC(OC(=O)[C@@]([2H])(N)C([2H])(C([2H])([2H])[2H])C([2H])([2H])[2H])C(C([2H])([2H])C([2H])(C)C([2H])([2H])[2H])CN1C([2H])([2H])C2([2H])[2H].[2H]c1c(OC)c(OC([2H])([2H])[2H])c([2H])c2c1C1CC([2H])(OC(=O)[C@@]([2H])(N)C([2H])(C([2H])([2H])[2H])C([2H])([2H])[2H])C(C([2H])([2H])C([2H])(C)C([2H])([2H])[2H])CN1C([2H])([2H])C2([2H])[2H].[2H]c1c(OC)c(OC)c([2H])c2c1C1CC([2H])(OC(=O)[C@@]([2H])(N)C([2H])(C([2H])([2H])[2H])C([2H])([2H])[2H])C(C([2H])([2H])C([2H])(C)C([2H])([2H])[2H])CN1C([2H])([2H])C2([2H])[2H].[2H]c1c(OC)c(OC)c([2H])c2c1C1CC([2H])(OC(=O)[C@@]([2H])(N)C([2H])(C([2H])([2H])[2H])C([2H])([2H])[2H])C(C([2H])([2H])C([2H])(C)C([2H])([2H])[2H])CN1C([2H])([2H])C2([2H])[2H]. The van der Waals surface area contributed by atoms with E-state index in [1.807, 2.05) is 0 Å². The van der Waals surface area contributed by atoms with Gasteiger partial charge < -0.3 is 79.8 Å². The van der Waals surface area contributed by atoms with Crippen LogP contribution in [-0.2, 0) is 63.6 Å². The molecule has 0 aromatic heterocycles. The number of carbonyl (C=O) groups excluding carboxylic acids is 4.